The fraction of sp³-hybridized carbons (Fsp3) is 0.400. The summed E-state index contributed by atoms with van der Waals surface area (Å²) in [6, 6.07) is -0.397. The molecule has 11 heteroatoms. The zero-order chi connectivity index (χ0) is 15.2. The van der Waals surface area contributed by atoms with Gasteiger partial charge in [-0.25, -0.2) is 9.48 Å². The normalized spacial score (nSPS) is 10.3. The molecule has 3 N–H and O–H groups in total. The van der Waals surface area contributed by atoms with Gasteiger partial charge in [-0.3, -0.25) is 4.79 Å². The molecule has 0 spiro atoms. The molecule has 2 amide bonds. The Morgan fingerprint density at radius 2 is 2.05 bits per heavy atom. The van der Waals surface area contributed by atoms with Gasteiger partial charge in [-0.05, 0) is 0 Å². The van der Waals surface area contributed by atoms with E-state index < -0.39 is 12.0 Å². The van der Waals surface area contributed by atoms with Crippen LogP contribution in [0.15, 0.2) is 12.5 Å². The third kappa shape index (κ3) is 4.26. The second kappa shape index (κ2) is 6.45. The maximum atomic E-state index is 11.6. The first-order valence-corrected chi connectivity index (χ1v) is 6.00. The monoisotopic (exact) mass is 294 g/mol. The largest absolute Gasteiger partial charge is 0.480 e. The van der Waals surface area contributed by atoms with E-state index in [4.69, 9.17) is 5.11 Å². The van der Waals surface area contributed by atoms with Crippen LogP contribution in [0, 0.1) is 0 Å². The van der Waals surface area contributed by atoms with Crippen LogP contribution >= 0.6 is 0 Å². The quantitative estimate of drug-likeness (QED) is 0.588. The van der Waals surface area contributed by atoms with Crippen LogP contribution in [0.4, 0.5) is 4.79 Å². The van der Waals surface area contributed by atoms with Crippen molar-refractivity contribution in [1.82, 2.24) is 40.4 Å². The number of carbonyl (C=O) groups is 2. The molecule has 0 bridgehead atoms. The van der Waals surface area contributed by atoms with Crippen molar-refractivity contribution >= 4 is 12.0 Å². The highest BCUT2D eigenvalue weighted by Crippen LogP contribution is 1.93. The summed E-state index contributed by atoms with van der Waals surface area (Å²) in [6.45, 7) is 0.115. The van der Waals surface area contributed by atoms with Crippen molar-refractivity contribution < 1.29 is 14.7 Å². The second-order valence-electron chi connectivity index (χ2n) is 4.20. The molecule has 0 radical (unpaired) electrons. The van der Waals surface area contributed by atoms with E-state index in [1.165, 1.54) is 17.2 Å². The molecular weight excluding hydrogens is 280 g/mol. The SMILES string of the molecule is Cn1cnnc1CNC(=O)NCc1cn(CC(=O)O)nn1. The highest BCUT2D eigenvalue weighted by molar-refractivity contribution is 5.73. The highest BCUT2D eigenvalue weighted by atomic mass is 16.4. The summed E-state index contributed by atoms with van der Waals surface area (Å²) in [5.74, 6) is -0.390. The topological polar surface area (TPSA) is 140 Å². The van der Waals surface area contributed by atoms with Crippen LogP contribution in [0.3, 0.4) is 0 Å². The lowest BCUT2D eigenvalue weighted by molar-refractivity contribution is -0.137. The smallest absolute Gasteiger partial charge is 0.325 e. The summed E-state index contributed by atoms with van der Waals surface area (Å²) >= 11 is 0. The molecule has 112 valence electrons. The zero-order valence-corrected chi connectivity index (χ0v) is 11.2. The van der Waals surface area contributed by atoms with Gasteiger partial charge in [0, 0.05) is 7.05 Å². The maximum Gasteiger partial charge on any atom is 0.325 e. The van der Waals surface area contributed by atoms with E-state index in [-0.39, 0.29) is 19.6 Å². The van der Waals surface area contributed by atoms with Crippen molar-refractivity contribution in [3.8, 4) is 0 Å². The van der Waals surface area contributed by atoms with Gasteiger partial charge in [-0.1, -0.05) is 5.21 Å². The van der Waals surface area contributed by atoms with Crippen LogP contribution < -0.4 is 10.6 Å². The maximum absolute atomic E-state index is 11.6. The first kappa shape index (κ1) is 14.4. The molecule has 0 saturated heterocycles. The molecular formula is C10H14N8O3. The Bertz CT molecular complexity index is 634. The van der Waals surface area contributed by atoms with E-state index in [2.05, 4.69) is 31.1 Å². The number of carboxylic acids is 1. The molecule has 0 saturated carbocycles. The Morgan fingerprint density at radius 1 is 1.29 bits per heavy atom. The van der Waals surface area contributed by atoms with Crippen LogP contribution in [0.5, 0.6) is 0 Å². The number of aryl methyl sites for hydroxylation is 1. The molecule has 0 atom stereocenters. The van der Waals surface area contributed by atoms with Crippen molar-refractivity contribution in [2.45, 2.75) is 19.6 Å². The summed E-state index contributed by atoms with van der Waals surface area (Å²) in [7, 11) is 1.77. The van der Waals surface area contributed by atoms with Crippen LogP contribution in [-0.2, 0) is 31.5 Å². The van der Waals surface area contributed by atoms with Crippen molar-refractivity contribution in [2.24, 2.45) is 7.05 Å². The van der Waals surface area contributed by atoms with Crippen molar-refractivity contribution in [2.75, 3.05) is 0 Å². The van der Waals surface area contributed by atoms with Gasteiger partial charge in [0.15, 0.2) is 5.82 Å². The predicted octanol–water partition coefficient (Wildman–Crippen LogP) is -1.51. The molecule has 11 nitrogen and oxygen atoms in total. The molecule has 2 rings (SSSR count). The first-order valence-electron chi connectivity index (χ1n) is 6.00. The number of hydrogen-bond acceptors (Lipinski definition) is 6. The van der Waals surface area contributed by atoms with E-state index in [0.717, 1.165) is 0 Å². The van der Waals surface area contributed by atoms with Gasteiger partial charge in [0.1, 0.15) is 18.6 Å². The summed E-state index contributed by atoms with van der Waals surface area (Å²) < 4.78 is 2.87. The minimum atomic E-state index is -1.01. The summed E-state index contributed by atoms with van der Waals surface area (Å²) in [5.41, 5.74) is 0.463. The predicted molar refractivity (Wildman–Crippen MR) is 67.7 cm³/mol. The number of hydrogen-bond donors (Lipinski definition) is 3. The van der Waals surface area contributed by atoms with Gasteiger partial charge in [-0.15, -0.1) is 15.3 Å². The van der Waals surface area contributed by atoms with E-state index >= 15 is 0 Å². The van der Waals surface area contributed by atoms with Gasteiger partial charge in [-0.2, -0.15) is 0 Å². The molecule has 0 aliphatic rings. The summed E-state index contributed by atoms with van der Waals surface area (Å²) in [6.07, 6.45) is 2.99. The summed E-state index contributed by atoms with van der Waals surface area (Å²) in [5, 5.41) is 28.7. The number of amides is 2. The van der Waals surface area contributed by atoms with Gasteiger partial charge < -0.3 is 20.3 Å². The molecule has 0 unspecified atom stereocenters. The third-order valence-electron chi connectivity index (χ3n) is 2.53. The first-order chi connectivity index (χ1) is 10.0. The fourth-order valence-electron chi connectivity index (χ4n) is 1.50. The van der Waals surface area contributed by atoms with Crippen LogP contribution in [-0.4, -0.2) is 46.9 Å². The van der Waals surface area contributed by atoms with Gasteiger partial charge in [0.05, 0.1) is 19.3 Å². The Hall–Kier alpha value is -2.98. The molecule has 2 heterocycles. The number of carbonyl (C=O) groups excluding carboxylic acids is 1. The molecule has 0 fully saturated rings. The van der Waals surface area contributed by atoms with E-state index in [1.54, 1.807) is 11.6 Å². The minimum Gasteiger partial charge on any atom is -0.480 e. The highest BCUT2D eigenvalue weighted by Gasteiger charge is 2.07. The lowest BCUT2D eigenvalue weighted by Crippen LogP contribution is -2.35. The number of urea groups is 1. The molecule has 0 aromatic carbocycles. The summed E-state index contributed by atoms with van der Waals surface area (Å²) in [4.78, 5) is 22.1. The van der Waals surface area contributed by atoms with Gasteiger partial charge in [0.2, 0.25) is 0 Å². The standard InChI is InChI=1S/C10H14N8O3/c1-17-6-13-15-8(17)3-12-10(21)11-2-7-4-18(16-14-7)5-9(19)20/h4,6H,2-3,5H2,1H3,(H,19,20)(H2,11,12,21). The molecule has 0 aliphatic carbocycles. The number of aromatic nitrogens is 6. The molecule has 0 aliphatic heterocycles. The molecule has 2 aromatic rings. The van der Waals surface area contributed by atoms with Crippen molar-refractivity contribution in [1.29, 1.82) is 0 Å². The Morgan fingerprint density at radius 3 is 2.71 bits per heavy atom. The Kier molecular flexibility index (Phi) is 4.43. The second-order valence-corrected chi connectivity index (χ2v) is 4.20. The fourth-order valence-corrected chi connectivity index (χ4v) is 1.50. The van der Waals surface area contributed by atoms with Crippen LogP contribution in [0.1, 0.15) is 11.5 Å². The Balaban J connectivity index is 1.75. The number of carboxylic acid groups (broad SMARTS) is 1. The minimum absolute atomic E-state index is 0.143. The zero-order valence-electron chi connectivity index (χ0n) is 11.2. The Labute approximate surface area is 119 Å². The van der Waals surface area contributed by atoms with Crippen LogP contribution in [0.2, 0.25) is 0 Å². The number of nitrogens with one attached hydrogen (secondary N) is 2. The third-order valence-corrected chi connectivity index (χ3v) is 2.53. The van der Waals surface area contributed by atoms with Crippen molar-refractivity contribution in [3.63, 3.8) is 0 Å². The number of rotatable bonds is 6. The van der Waals surface area contributed by atoms with E-state index in [1.807, 2.05) is 0 Å². The van der Waals surface area contributed by atoms with Crippen LogP contribution in [0.25, 0.3) is 0 Å². The average molecular weight is 294 g/mol. The van der Waals surface area contributed by atoms with Gasteiger partial charge >= 0.3 is 12.0 Å². The molecule has 2 aromatic heterocycles. The average Bonchev–Trinajstić information content (AvgIpc) is 3.02. The van der Waals surface area contributed by atoms with E-state index in [0.29, 0.717) is 11.5 Å². The van der Waals surface area contributed by atoms with E-state index in [9.17, 15) is 9.59 Å². The number of aliphatic carboxylic acids is 1. The molecule has 21 heavy (non-hydrogen) atoms. The van der Waals surface area contributed by atoms with Crippen molar-refractivity contribution in [3.05, 3.63) is 24.0 Å². The number of nitrogens with zero attached hydrogens (tertiary/aromatic N) is 6. The lowest BCUT2D eigenvalue weighted by Gasteiger charge is -2.05. The van der Waals surface area contributed by atoms with Gasteiger partial charge in [0.25, 0.3) is 0 Å². The lowest BCUT2D eigenvalue weighted by atomic mass is 10.4.